The molecule has 1 atom stereocenters. The summed E-state index contributed by atoms with van der Waals surface area (Å²) in [6.45, 7) is 0.675. The predicted molar refractivity (Wildman–Crippen MR) is 116 cm³/mol. The van der Waals surface area contributed by atoms with Gasteiger partial charge in [-0.25, -0.2) is 18.4 Å². The summed E-state index contributed by atoms with van der Waals surface area (Å²) in [5.74, 6) is 0.808. The van der Waals surface area contributed by atoms with E-state index in [1.807, 2.05) is 24.3 Å². The largest absolute Gasteiger partial charge is 0.354 e. The van der Waals surface area contributed by atoms with Gasteiger partial charge in [0.15, 0.2) is 21.3 Å². The number of carbonyl (C=O) groups is 1. The molecular formula is C21H20N6O3S. The number of amides is 1. The molecule has 0 bridgehead atoms. The summed E-state index contributed by atoms with van der Waals surface area (Å²) >= 11 is 0. The molecule has 2 aromatic carbocycles. The Labute approximate surface area is 178 Å². The average molecular weight is 436 g/mol. The lowest BCUT2D eigenvalue weighted by atomic mass is 10.1. The molecular weight excluding hydrogens is 416 g/mol. The maximum Gasteiger partial charge on any atom is 0.242 e. The number of nitrogens with zero attached hydrogens (tertiary/aromatic N) is 4. The maximum atomic E-state index is 12.2. The lowest BCUT2D eigenvalue weighted by Crippen LogP contribution is -2.44. The van der Waals surface area contributed by atoms with Gasteiger partial charge < -0.3 is 10.6 Å². The Kier molecular flexibility index (Phi) is 4.58. The van der Waals surface area contributed by atoms with E-state index in [0.29, 0.717) is 35.9 Å². The van der Waals surface area contributed by atoms with Crippen molar-refractivity contribution in [3.63, 3.8) is 0 Å². The highest BCUT2D eigenvalue weighted by Crippen LogP contribution is 2.25. The zero-order valence-electron chi connectivity index (χ0n) is 16.7. The summed E-state index contributed by atoms with van der Waals surface area (Å²) in [6.07, 6.45) is 2.76. The molecule has 1 aliphatic rings. The minimum absolute atomic E-state index is 0.0638. The first kappa shape index (κ1) is 19.4. The SMILES string of the molecule is CS(=O)(=O)c1ccc(-c2nc3c4ccccc4nc(N[C@@H]4CCCNC4=O)n3n2)cc1. The van der Waals surface area contributed by atoms with Crippen LogP contribution in [-0.4, -0.2) is 52.7 Å². The standard InChI is InChI=1S/C21H20N6O3S/c1-31(29,30)14-10-8-13(9-11-14)18-25-19-15-5-2-3-6-16(15)23-21(27(19)26-18)24-17-7-4-12-22-20(17)28/h2-3,5-6,8-11,17H,4,7,12H2,1H3,(H,22,28)(H,23,24)/t17-/m1/s1. The summed E-state index contributed by atoms with van der Waals surface area (Å²) in [5, 5.41) is 11.5. The molecule has 10 heteroatoms. The number of piperidine rings is 1. The van der Waals surface area contributed by atoms with Crippen molar-refractivity contribution >= 4 is 38.2 Å². The molecule has 0 radical (unpaired) electrons. The van der Waals surface area contributed by atoms with Gasteiger partial charge in [0.25, 0.3) is 0 Å². The highest BCUT2D eigenvalue weighted by atomic mass is 32.2. The minimum atomic E-state index is -3.29. The van der Waals surface area contributed by atoms with Gasteiger partial charge in [-0.1, -0.05) is 12.1 Å². The van der Waals surface area contributed by atoms with Crippen LogP contribution in [0.4, 0.5) is 5.95 Å². The van der Waals surface area contributed by atoms with E-state index in [2.05, 4.69) is 20.7 Å². The molecule has 0 saturated carbocycles. The summed E-state index contributed by atoms with van der Waals surface area (Å²) in [4.78, 5) is 21.8. The summed E-state index contributed by atoms with van der Waals surface area (Å²) < 4.78 is 25.1. The zero-order valence-corrected chi connectivity index (χ0v) is 17.6. The van der Waals surface area contributed by atoms with Crippen molar-refractivity contribution in [2.24, 2.45) is 0 Å². The van der Waals surface area contributed by atoms with E-state index in [1.165, 1.54) is 18.4 Å². The molecule has 5 rings (SSSR count). The van der Waals surface area contributed by atoms with Crippen LogP contribution in [-0.2, 0) is 14.6 Å². The van der Waals surface area contributed by atoms with Gasteiger partial charge in [0.05, 0.1) is 10.4 Å². The molecule has 2 N–H and O–H groups in total. The second-order valence-corrected chi connectivity index (χ2v) is 9.57. The molecule has 158 valence electrons. The summed E-state index contributed by atoms with van der Waals surface area (Å²) in [6, 6.07) is 13.6. The number of para-hydroxylation sites is 1. The van der Waals surface area contributed by atoms with Crippen molar-refractivity contribution in [1.82, 2.24) is 24.9 Å². The highest BCUT2D eigenvalue weighted by molar-refractivity contribution is 7.90. The maximum absolute atomic E-state index is 12.2. The predicted octanol–water partition coefficient (Wildman–Crippen LogP) is 2.04. The number of anilines is 1. The normalized spacial score (nSPS) is 17.1. The molecule has 0 spiro atoms. The quantitative estimate of drug-likeness (QED) is 0.502. The Bertz CT molecular complexity index is 1410. The van der Waals surface area contributed by atoms with E-state index in [0.717, 1.165) is 17.3 Å². The molecule has 2 aromatic heterocycles. The number of carbonyl (C=O) groups excluding carboxylic acids is 1. The van der Waals surface area contributed by atoms with Crippen molar-refractivity contribution in [1.29, 1.82) is 0 Å². The highest BCUT2D eigenvalue weighted by Gasteiger charge is 2.24. The van der Waals surface area contributed by atoms with Crippen LogP contribution in [0.1, 0.15) is 12.8 Å². The third-order valence-corrected chi connectivity index (χ3v) is 6.44. The van der Waals surface area contributed by atoms with E-state index < -0.39 is 15.9 Å². The summed E-state index contributed by atoms with van der Waals surface area (Å²) in [7, 11) is -3.29. The van der Waals surface area contributed by atoms with E-state index in [9.17, 15) is 13.2 Å². The van der Waals surface area contributed by atoms with E-state index in [-0.39, 0.29) is 10.8 Å². The first-order valence-corrected chi connectivity index (χ1v) is 11.8. The van der Waals surface area contributed by atoms with Crippen LogP contribution in [0, 0.1) is 0 Å². The minimum Gasteiger partial charge on any atom is -0.354 e. The van der Waals surface area contributed by atoms with Crippen molar-refractivity contribution in [2.45, 2.75) is 23.8 Å². The molecule has 4 aromatic rings. The van der Waals surface area contributed by atoms with Crippen molar-refractivity contribution < 1.29 is 13.2 Å². The second kappa shape index (κ2) is 7.31. The number of aromatic nitrogens is 4. The van der Waals surface area contributed by atoms with Crippen molar-refractivity contribution in [3.8, 4) is 11.4 Å². The molecule has 1 saturated heterocycles. The third-order valence-electron chi connectivity index (χ3n) is 5.31. The third kappa shape index (κ3) is 3.59. The van der Waals surface area contributed by atoms with Crippen LogP contribution in [0.15, 0.2) is 53.4 Å². The van der Waals surface area contributed by atoms with Gasteiger partial charge in [-0.05, 0) is 49.2 Å². The van der Waals surface area contributed by atoms with Gasteiger partial charge in [0.2, 0.25) is 11.9 Å². The number of hydrogen-bond acceptors (Lipinski definition) is 7. The zero-order chi connectivity index (χ0) is 21.6. The number of rotatable bonds is 4. The number of benzene rings is 2. The lowest BCUT2D eigenvalue weighted by Gasteiger charge is -2.23. The second-order valence-electron chi connectivity index (χ2n) is 7.55. The van der Waals surface area contributed by atoms with Crippen molar-refractivity contribution in [2.75, 3.05) is 18.1 Å². The van der Waals surface area contributed by atoms with Crippen molar-refractivity contribution in [3.05, 3.63) is 48.5 Å². The number of hydrogen-bond donors (Lipinski definition) is 2. The van der Waals surface area contributed by atoms with E-state index >= 15 is 0 Å². The van der Waals surface area contributed by atoms with Crippen LogP contribution in [0.25, 0.3) is 27.9 Å². The van der Waals surface area contributed by atoms with Gasteiger partial charge in [-0.3, -0.25) is 4.79 Å². The number of sulfone groups is 1. The van der Waals surface area contributed by atoms with Crippen LogP contribution in [0.3, 0.4) is 0 Å². The molecule has 31 heavy (non-hydrogen) atoms. The first-order chi connectivity index (χ1) is 14.9. The van der Waals surface area contributed by atoms with Crippen LogP contribution in [0.2, 0.25) is 0 Å². The Hall–Kier alpha value is -3.53. The molecule has 9 nitrogen and oxygen atoms in total. The molecule has 0 aliphatic carbocycles. The molecule has 3 heterocycles. The fourth-order valence-electron chi connectivity index (χ4n) is 3.69. The van der Waals surface area contributed by atoms with Crippen LogP contribution >= 0.6 is 0 Å². The average Bonchev–Trinajstić information content (AvgIpc) is 3.21. The smallest absolute Gasteiger partial charge is 0.242 e. The Morgan fingerprint density at radius 1 is 1.10 bits per heavy atom. The number of fused-ring (bicyclic) bond motifs is 3. The lowest BCUT2D eigenvalue weighted by molar-refractivity contribution is -0.123. The van der Waals surface area contributed by atoms with Gasteiger partial charge in [-0.15, -0.1) is 5.10 Å². The molecule has 1 aliphatic heterocycles. The van der Waals surface area contributed by atoms with E-state index in [4.69, 9.17) is 4.98 Å². The Morgan fingerprint density at radius 2 is 1.87 bits per heavy atom. The number of nitrogens with one attached hydrogen (secondary N) is 2. The fraction of sp³-hybridized carbons (Fsp3) is 0.238. The van der Waals surface area contributed by atoms with Gasteiger partial charge in [0.1, 0.15) is 6.04 Å². The van der Waals surface area contributed by atoms with Crippen LogP contribution < -0.4 is 10.6 Å². The van der Waals surface area contributed by atoms with Gasteiger partial charge in [-0.2, -0.15) is 4.52 Å². The molecule has 1 amide bonds. The van der Waals surface area contributed by atoms with E-state index in [1.54, 1.807) is 16.6 Å². The summed E-state index contributed by atoms with van der Waals surface area (Å²) in [5.41, 5.74) is 2.02. The molecule has 1 fully saturated rings. The monoisotopic (exact) mass is 436 g/mol. The van der Waals surface area contributed by atoms with Crippen LogP contribution in [0.5, 0.6) is 0 Å². The fourth-order valence-corrected chi connectivity index (χ4v) is 4.32. The van der Waals surface area contributed by atoms with Gasteiger partial charge >= 0.3 is 0 Å². The Morgan fingerprint density at radius 3 is 2.61 bits per heavy atom. The topological polar surface area (TPSA) is 118 Å². The first-order valence-electron chi connectivity index (χ1n) is 9.90. The van der Waals surface area contributed by atoms with Gasteiger partial charge in [0, 0.05) is 23.8 Å². The Balaban J connectivity index is 1.63. The molecule has 0 unspecified atom stereocenters.